The topological polar surface area (TPSA) is 45.2 Å². The molecule has 1 aromatic rings. The van der Waals surface area contributed by atoms with E-state index in [0.717, 1.165) is 25.3 Å². The lowest BCUT2D eigenvalue weighted by Gasteiger charge is -2.18. The largest absolute Gasteiger partial charge is 0.354 e. The third-order valence-electron chi connectivity index (χ3n) is 3.12. The van der Waals surface area contributed by atoms with Crippen molar-refractivity contribution in [2.75, 3.05) is 18.0 Å². The van der Waals surface area contributed by atoms with Crippen molar-refractivity contribution < 1.29 is 4.79 Å². The molecule has 1 fully saturated rings. The van der Waals surface area contributed by atoms with E-state index < -0.39 is 0 Å². The molecule has 2 rings (SSSR count). The highest BCUT2D eigenvalue weighted by Gasteiger charge is 2.24. The van der Waals surface area contributed by atoms with E-state index in [-0.39, 0.29) is 11.9 Å². The van der Waals surface area contributed by atoms with Gasteiger partial charge in [-0.2, -0.15) is 0 Å². The Morgan fingerprint density at radius 1 is 1.56 bits per heavy atom. The zero-order valence-corrected chi connectivity index (χ0v) is 11.1. The monoisotopic (exact) mass is 247 g/mol. The minimum Gasteiger partial charge on any atom is -0.354 e. The SMILES string of the molecule is CC(C)CC(=O)NC1CCN(c2ccccn2)C1. The van der Waals surface area contributed by atoms with Gasteiger partial charge in [0.25, 0.3) is 0 Å². The lowest BCUT2D eigenvalue weighted by Crippen LogP contribution is -2.37. The summed E-state index contributed by atoms with van der Waals surface area (Å²) < 4.78 is 0. The van der Waals surface area contributed by atoms with Gasteiger partial charge < -0.3 is 10.2 Å². The third-order valence-corrected chi connectivity index (χ3v) is 3.12. The van der Waals surface area contributed by atoms with E-state index in [9.17, 15) is 4.79 Å². The quantitative estimate of drug-likeness (QED) is 0.882. The fraction of sp³-hybridized carbons (Fsp3) is 0.571. The maximum Gasteiger partial charge on any atom is 0.220 e. The van der Waals surface area contributed by atoms with Crippen molar-refractivity contribution in [3.8, 4) is 0 Å². The molecular weight excluding hydrogens is 226 g/mol. The molecular formula is C14H21N3O. The molecule has 1 saturated heterocycles. The summed E-state index contributed by atoms with van der Waals surface area (Å²) in [6.07, 6.45) is 3.42. The van der Waals surface area contributed by atoms with Crippen LogP contribution in [-0.2, 0) is 4.79 Å². The van der Waals surface area contributed by atoms with Gasteiger partial charge in [-0.05, 0) is 24.5 Å². The molecule has 1 aromatic heterocycles. The first-order valence-electron chi connectivity index (χ1n) is 6.60. The van der Waals surface area contributed by atoms with Crippen LogP contribution < -0.4 is 10.2 Å². The molecule has 18 heavy (non-hydrogen) atoms. The standard InChI is InChI=1S/C14H21N3O/c1-11(2)9-14(18)16-12-6-8-17(10-12)13-5-3-4-7-15-13/h3-5,7,11-12H,6,8-10H2,1-2H3,(H,16,18). The van der Waals surface area contributed by atoms with Crippen molar-refractivity contribution in [2.24, 2.45) is 5.92 Å². The molecule has 0 aliphatic carbocycles. The number of amides is 1. The van der Waals surface area contributed by atoms with E-state index in [1.54, 1.807) is 6.20 Å². The van der Waals surface area contributed by atoms with E-state index in [1.807, 2.05) is 18.2 Å². The molecule has 98 valence electrons. The Balaban J connectivity index is 1.84. The van der Waals surface area contributed by atoms with Gasteiger partial charge in [-0.1, -0.05) is 19.9 Å². The molecule has 0 spiro atoms. The zero-order chi connectivity index (χ0) is 13.0. The summed E-state index contributed by atoms with van der Waals surface area (Å²) in [6, 6.07) is 6.19. The number of pyridine rings is 1. The number of carbonyl (C=O) groups is 1. The predicted molar refractivity (Wildman–Crippen MR) is 72.5 cm³/mol. The van der Waals surface area contributed by atoms with Gasteiger partial charge in [-0.25, -0.2) is 4.98 Å². The second kappa shape index (κ2) is 5.85. The molecule has 0 bridgehead atoms. The molecule has 2 heterocycles. The van der Waals surface area contributed by atoms with Gasteiger partial charge in [-0.15, -0.1) is 0 Å². The highest BCUT2D eigenvalue weighted by Crippen LogP contribution is 2.17. The van der Waals surface area contributed by atoms with Crippen molar-refractivity contribution in [2.45, 2.75) is 32.7 Å². The van der Waals surface area contributed by atoms with Crippen LogP contribution in [0.5, 0.6) is 0 Å². The summed E-state index contributed by atoms with van der Waals surface area (Å²) in [4.78, 5) is 18.3. The average molecular weight is 247 g/mol. The van der Waals surface area contributed by atoms with Crippen LogP contribution in [0.15, 0.2) is 24.4 Å². The highest BCUT2D eigenvalue weighted by molar-refractivity contribution is 5.76. The first kappa shape index (κ1) is 12.9. The van der Waals surface area contributed by atoms with Crippen molar-refractivity contribution >= 4 is 11.7 Å². The summed E-state index contributed by atoms with van der Waals surface area (Å²) in [5, 5.41) is 3.10. The van der Waals surface area contributed by atoms with Gasteiger partial charge in [0, 0.05) is 31.7 Å². The number of hydrogen-bond donors (Lipinski definition) is 1. The Morgan fingerprint density at radius 2 is 2.39 bits per heavy atom. The Bertz CT molecular complexity index is 391. The minimum atomic E-state index is 0.165. The van der Waals surface area contributed by atoms with Gasteiger partial charge >= 0.3 is 0 Å². The zero-order valence-electron chi connectivity index (χ0n) is 11.1. The normalized spacial score (nSPS) is 19.3. The average Bonchev–Trinajstić information content (AvgIpc) is 2.77. The first-order valence-corrected chi connectivity index (χ1v) is 6.60. The fourth-order valence-electron chi connectivity index (χ4n) is 2.28. The van der Waals surface area contributed by atoms with Gasteiger partial charge in [0.2, 0.25) is 5.91 Å². The van der Waals surface area contributed by atoms with E-state index in [2.05, 4.69) is 29.0 Å². The molecule has 1 unspecified atom stereocenters. The van der Waals surface area contributed by atoms with Crippen molar-refractivity contribution in [1.29, 1.82) is 0 Å². The molecule has 4 heteroatoms. The molecule has 0 aromatic carbocycles. The van der Waals surface area contributed by atoms with Crippen LogP contribution in [-0.4, -0.2) is 30.0 Å². The smallest absolute Gasteiger partial charge is 0.220 e. The van der Waals surface area contributed by atoms with Crippen LogP contribution in [0.4, 0.5) is 5.82 Å². The highest BCUT2D eigenvalue weighted by atomic mass is 16.1. The Morgan fingerprint density at radius 3 is 3.06 bits per heavy atom. The summed E-state index contributed by atoms with van der Waals surface area (Å²) >= 11 is 0. The maximum absolute atomic E-state index is 11.7. The molecule has 0 saturated carbocycles. The number of nitrogens with zero attached hydrogens (tertiary/aromatic N) is 2. The molecule has 1 aliphatic rings. The van der Waals surface area contributed by atoms with Crippen LogP contribution >= 0.6 is 0 Å². The van der Waals surface area contributed by atoms with E-state index >= 15 is 0 Å². The number of anilines is 1. The molecule has 1 atom stereocenters. The molecule has 1 N–H and O–H groups in total. The predicted octanol–water partition coefficient (Wildman–Crippen LogP) is 1.82. The molecule has 4 nitrogen and oxygen atoms in total. The lowest BCUT2D eigenvalue weighted by molar-refractivity contribution is -0.122. The number of hydrogen-bond acceptors (Lipinski definition) is 3. The van der Waals surface area contributed by atoms with Crippen LogP contribution in [0.25, 0.3) is 0 Å². The summed E-state index contributed by atoms with van der Waals surface area (Å²) in [5.41, 5.74) is 0. The maximum atomic E-state index is 11.7. The van der Waals surface area contributed by atoms with Crippen LogP contribution in [0.1, 0.15) is 26.7 Å². The molecule has 1 amide bonds. The summed E-state index contributed by atoms with van der Waals surface area (Å²) in [5.74, 6) is 1.58. The number of aromatic nitrogens is 1. The summed E-state index contributed by atoms with van der Waals surface area (Å²) in [7, 11) is 0. The first-order chi connectivity index (χ1) is 8.65. The third kappa shape index (κ3) is 3.45. The summed E-state index contributed by atoms with van der Waals surface area (Å²) in [6.45, 7) is 5.95. The van der Waals surface area contributed by atoms with Crippen LogP contribution in [0.3, 0.4) is 0 Å². The Hall–Kier alpha value is -1.58. The lowest BCUT2D eigenvalue weighted by atomic mass is 10.1. The Kier molecular flexibility index (Phi) is 4.18. The van der Waals surface area contributed by atoms with Crippen LogP contribution in [0, 0.1) is 5.92 Å². The fourth-order valence-corrected chi connectivity index (χ4v) is 2.28. The number of rotatable bonds is 4. The van der Waals surface area contributed by atoms with Crippen LogP contribution in [0.2, 0.25) is 0 Å². The van der Waals surface area contributed by atoms with Crippen molar-refractivity contribution in [3.05, 3.63) is 24.4 Å². The number of carbonyl (C=O) groups excluding carboxylic acids is 1. The molecule has 1 aliphatic heterocycles. The van der Waals surface area contributed by atoms with Gasteiger partial charge in [0.05, 0.1) is 0 Å². The second-order valence-corrected chi connectivity index (χ2v) is 5.29. The minimum absolute atomic E-state index is 0.165. The van der Waals surface area contributed by atoms with Crippen molar-refractivity contribution in [3.63, 3.8) is 0 Å². The molecule has 0 radical (unpaired) electrons. The van der Waals surface area contributed by atoms with E-state index in [0.29, 0.717) is 12.3 Å². The van der Waals surface area contributed by atoms with Crippen molar-refractivity contribution in [1.82, 2.24) is 10.3 Å². The van der Waals surface area contributed by atoms with Gasteiger partial charge in [0.1, 0.15) is 5.82 Å². The van der Waals surface area contributed by atoms with E-state index in [1.165, 1.54) is 0 Å². The van der Waals surface area contributed by atoms with E-state index in [4.69, 9.17) is 0 Å². The number of nitrogens with one attached hydrogen (secondary N) is 1. The van der Waals surface area contributed by atoms with Gasteiger partial charge in [-0.3, -0.25) is 4.79 Å². The Labute approximate surface area is 108 Å². The second-order valence-electron chi connectivity index (χ2n) is 5.29. The van der Waals surface area contributed by atoms with Gasteiger partial charge in [0.15, 0.2) is 0 Å².